The Morgan fingerprint density at radius 1 is 0.289 bits per heavy atom. The van der Waals surface area contributed by atoms with Crippen LogP contribution >= 0.6 is 0 Å². The van der Waals surface area contributed by atoms with Crippen LogP contribution in [0.5, 0.6) is 0 Å². The van der Waals surface area contributed by atoms with E-state index in [1.54, 1.807) is 0 Å². The van der Waals surface area contributed by atoms with Crippen LogP contribution in [-0.2, 0) is 19.6 Å². The Bertz CT molecular complexity index is 875. The van der Waals surface area contributed by atoms with Gasteiger partial charge >= 0.3 is 0 Å². The maximum atomic E-state index is 2.29. The van der Waals surface area contributed by atoms with Crippen molar-refractivity contribution >= 4 is 0 Å². The quantitative estimate of drug-likeness (QED) is 0.201. The molecule has 0 aromatic heterocycles. The van der Waals surface area contributed by atoms with Crippen molar-refractivity contribution < 1.29 is 50.7 Å². The molecule has 0 saturated heterocycles. The highest BCUT2D eigenvalue weighted by atomic mass is 35.5. The summed E-state index contributed by atoms with van der Waals surface area (Å²) in [4.78, 5) is 0. The Morgan fingerprint density at radius 3 is 0.578 bits per heavy atom. The molecule has 0 spiro atoms. The predicted octanol–water partition coefficient (Wildman–Crippen LogP) is 0.201. The number of nitrogens with zero attached hydrogens (tertiary/aromatic N) is 3. The molecular weight excluding hydrogens is 617 g/mol. The lowest BCUT2D eigenvalue weighted by Crippen LogP contribution is -3.00. The summed E-state index contributed by atoms with van der Waals surface area (Å²) >= 11 is 0. The van der Waals surface area contributed by atoms with Crippen molar-refractivity contribution in [3.05, 3.63) is 108 Å². The SMILES string of the molecule is CC[N+](CC)(CC)Cc1ccccc1.CC[N+](CC)(CC)Cc1ccccc1.CC[N+](CC)(CC)Cc1ccccc1.[Cl-].[Cl-].[Cl-]. The van der Waals surface area contributed by atoms with E-state index in [1.165, 1.54) is 109 Å². The molecule has 0 amide bonds. The minimum absolute atomic E-state index is 0. The highest BCUT2D eigenvalue weighted by molar-refractivity contribution is 5.14. The Morgan fingerprint density at radius 2 is 0.444 bits per heavy atom. The molecule has 0 saturated carbocycles. The monoisotopic (exact) mass is 681 g/mol. The first kappa shape index (κ1) is 47.8. The average Bonchev–Trinajstić information content (AvgIpc) is 3.07. The van der Waals surface area contributed by atoms with E-state index in [9.17, 15) is 0 Å². The molecule has 0 N–H and O–H groups in total. The largest absolute Gasteiger partial charge is 1.00 e. The number of rotatable bonds is 15. The van der Waals surface area contributed by atoms with Gasteiger partial charge in [-0.1, -0.05) is 91.0 Å². The maximum absolute atomic E-state index is 2.29. The fourth-order valence-corrected chi connectivity index (χ4v) is 5.93. The van der Waals surface area contributed by atoms with Gasteiger partial charge in [0.1, 0.15) is 19.6 Å². The Balaban J connectivity index is -0.000000569. The second kappa shape index (κ2) is 26.5. The van der Waals surface area contributed by atoms with Gasteiger partial charge in [0.05, 0.1) is 58.9 Å². The van der Waals surface area contributed by atoms with Crippen molar-refractivity contribution in [1.82, 2.24) is 0 Å². The van der Waals surface area contributed by atoms with Crippen LogP contribution in [0.3, 0.4) is 0 Å². The van der Waals surface area contributed by atoms with Crippen LogP contribution in [0.4, 0.5) is 0 Å². The lowest BCUT2D eigenvalue weighted by atomic mass is 10.2. The van der Waals surface area contributed by atoms with Crippen LogP contribution in [0.1, 0.15) is 79.0 Å². The van der Waals surface area contributed by atoms with Crippen LogP contribution in [0.25, 0.3) is 0 Å². The summed E-state index contributed by atoms with van der Waals surface area (Å²) in [5.41, 5.74) is 4.37. The van der Waals surface area contributed by atoms with E-state index in [0.717, 1.165) is 0 Å². The van der Waals surface area contributed by atoms with E-state index in [2.05, 4.69) is 153 Å². The highest BCUT2D eigenvalue weighted by Gasteiger charge is 2.22. The van der Waals surface area contributed by atoms with Gasteiger partial charge in [0.2, 0.25) is 0 Å². The summed E-state index contributed by atoms with van der Waals surface area (Å²) in [6, 6.07) is 32.4. The van der Waals surface area contributed by atoms with Crippen LogP contribution in [0.15, 0.2) is 91.0 Å². The molecule has 258 valence electrons. The summed E-state index contributed by atoms with van der Waals surface area (Å²) in [6.07, 6.45) is 0. The highest BCUT2D eigenvalue weighted by Crippen LogP contribution is 2.15. The Hall–Kier alpha value is -1.59. The Kier molecular flexibility index (Phi) is 28.1. The number of hydrogen-bond acceptors (Lipinski definition) is 0. The van der Waals surface area contributed by atoms with Crippen LogP contribution in [0.2, 0.25) is 0 Å². The second-order valence-electron chi connectivity index (χ2n) is 11.8. The zero-order valence-corrected chi connectivity index (χ0v) is 32.4. The topological polar surface area (TPSA) is 0 Å². The van der Waals surface area contributed by atoms with Crippen molar-refractivity contribution in [3.63, 3.8) is 0 Å². The van der Waals surface area contributed by atoms with Crippen LogP contribution in [-0.4, -0.2) is 72.4 Å². The molecule has 0 aliphatic rings. The van der Waals surface area contributed by atoms with Gasteiger partial charge in [-0.15, -0.1) is 0 Å². The smallest absolute Gasteiger partial charge is 0.104 e. The van der Waals surface area contributed by atoms with Crippen LogP contribution < -0.4 is 37.2 Å². The molecule has 0 aliphatic heterocycles. The van der Waals surface area contributed by atoms with Crippen LogP contribution in [0, 0.1) is 0 Å². The van der Waals surface area contributed by atoms with Gasteiger partial charge in [-0.25, -0.2) is 0 Å². The standard InChI is InChI=1S/3C13H22N.3ClH/c3*1-4-14(5-2,6-3)12-13-10-8-7-9-11-13;;;/h3*7-11H,4-6,12H2,1-3H3;3*1H/q3*+1;;;/p-3. The zero-order chi connectivity index (χ0) is 31.3. The zero-order valence-electron chi connectivity index (χ0n) is 30.1. The van der Waals surface area contributed by atoms with Gasteiger partial charge in [-0.2, -0.15) is 0 Å². The van der Waals surface area contributed by atoms with Crippen molar-refractivity contribution in [1.29, 1.82) is 0 Å². The van der Waals surface area contributed by atoms with E-state index in [1.807, 2.05) is 0 Å². The average molecular weight is 683 g/mol. The van der Waals surface area contributed by atoms with Gasteiger partial charge in [-0.3, -0.25) is 0 Å². The third-order valence-corrected chi connectivity index (χ3v) is 10.1. The van der Waals surface area contributed by atoms with Gasteiger partial charge < -0.3 is 50.7 Å². The summed E-state index contributed by atoms with van der Waals surface area (Å²) in [5, 5.41) is 0. The predicted molar refractivity (Wildman–Crippen MR) is 186 cm³/mol. The summed E-state index contributed by atoms with van der Waals surface area (Å²) < 4.78 is 3.60. The molecule has 0 bridgehead atoms. The van der Waals surface area contributed by atoms with Crippen molar-refractivity contribution in [2.45, 2.75) is 81.9 Å². The third-order valence-electron chi connectivity index (χ3n) is 10.1. The first-order chi connectivity index (χ1) is 20.3. The molecule has 0 unspecified atom stereocenters. The summed E-state index contributed by atoms with van der Waals surface area (Å²) in [6.45, 7) is 35.1. The van der Waals surface area contributed by atoms with Crippen molar-refractivity contribution in [2.24, 2.45) is 0 Å². The fourth-order valence-electron chi connectivity index (χ4n) is 5.93. The van der Waals surface area contributed by atoms with E-state index < -0.39 is 0 Å². The normalized spacial score (nSPS) is 10.9. The number of quaternary nitrogens is 3. The lowest BCUT2D eigenvalue weighted by Gasteiger charge is -2.35. The van der Waals surface area contributed by atoms with E-state index >= 15 is 0 Å². The first-order valence-corrected chi connectivity index (χ1v) is 17.0. The molecule has 3 rings (SSSR count). The molecule has 0 aliphatic carbocycles. The molecule has 45 heavy (non-hydrogen) atoms. The molecule has 0 fully saturated rings. The van der Waals surface area contributed by atoms with Crippen molar-refractivity contribution in [2.75, 3.05) is 58.9 Å². The first-order valence-electron chi connectivity index (χ1n) is 17.0. The molecule has 3 aromatic rings. The van der Waals surface area contributed by atoms with Gasteiger partial charge in [0.15, 0.2) is 0 Å². The maximum Gasteiger partial charge on any atom is 0.104 e. The van der Waals surface area contributed by atoms with Gasteiger partial charge in [-0.05, 0) is 62.3 Å². The van der Waals surface area contributed by atoms with E-state index in [-0.39, 0.29) is 37.2 Å². The van der Waals surface area contributed by atoms with Crippen molar-refractivity contribution in [3.8, 4) is 0 Å². The molecule has 6 heteroatoms. The lowest BCUT2D eigenvalue weighted by molar-refractivity contribution is -0.936. The minimum atomic E-state index is 0. The second-order valence-corrected chi connectivity index (χ2v) is 11.8. The number of halogens is 3. The fraction of sp³-hybridized carbons (Fsp3) is 0.538. The molecular formula is C39H66Cl3N3. The number of benzene rings is 3. The summed E-state index contributed by atoms with van der Waals surface area (Å²) in [5.74, 6) is 0. The number of hydrogen-bond donors (Lipinski definition) is 0. The van der Waals surface area contributed by atoms with E-state index in [4.69, 9.17) is 0 Å². The third kappa shape index (κ3) is 16.7. The molecule has 0 radical (unpaired) electrons. The minimum Gasteiger partial charge on any atom is -1.00 e. The molecule has 3 aromatic carbocycles. The molecule has 0 atom stereocenters. The summed E-state index contributed by atoms with van der Waals surface area (Å²) in [7, 11) is 0. The van der Waals surface area contributed by atoms with Gasteiger partial charge in [0.25, 0.3) is 0 Å². The van der Waals surface area contributed by atoms with E-state index in [0.29, 0.717) is 0 Å². The molecule has 0 heterocycles. The Labute approximate surface area is 298 Å². The van der Waals surface area contributed by atoms with Gasteiger partial charge in [0, 0.05) is 16.7 Å². The molecule has 3 nitrogen and oxygen atoms in total.